The van der Waals surface area contributed by atoms with E-state index in [-0.39, 0.29) is 0 Å². The smallest absolute Gasteiger partial charge is 0.459 e. The lowest BCUT2D eigenvalue weighted by Crippen LogP contribution is -2.65. The Bertz CT molecular complexity index is 586. The van der Waals surface area contributed by atoms with Gasteiger partial charge in [-0.15, -0.1) is 0 Å². The minimum atomic E-state index is -3.37. The summed E-state index contributed by atoms with van der Waals surface area (Å²) < 4.78 is 27.9. The number of hydrogen-bond donors (Lipinski definition) is 1. The van der Waals surface area contributed by atoms with Gasteiger partial charge in [-0.3, -0.25) is 9.59 Å². The Labute approximate surface area is 161 Å². The van der Waals surface area contributed by atoms with Crippen LogP contribution in [-0.4, -0.2) is 59.9 Å². The summed E-state index contributed by atoms with van der Waals surface area (Å²) in [7, 11) is 1.04. The number of carbonyl (C=O) groups is 2. The van der Waals surface area contributed by atoms with Crippen molar-refractivity contribution in [1.29, 1.82) is 0 Å². The molecule has 0 aliphatic heterocycles. The van der Waals surface area contributed by atoms with Crippen LogP contribution < -0.4 is 5.32 Å². The normalized spacial score (nSPS) is 14.7. The van der Waals surface area contributed by atoms with E-state index in [1.54, 1.807) is 0 Å². The molecule has 3 atom stereocenters. The number of ether oxygens (including phenoxy) is 2. The van der Waals surface area contributed by atoms with Gasteiger partial charge in [0.05, 0.1) is 0 Å². The molecular weight excluding hydrogens is 370 g/mol. The minimum absolute atomic E-state index is 0.423. The van der Waals surface area contributed by atoms with E-state index in [0.29, 0.717) is 6.42 Å². The van der Waals surface area contributed by atoms with E-state index in [2.05, 4.69) is 5.32 Å². The molecule has 0 spiro atoms. The summed E-state index contributed by atoms with van der Waals surface area (Å²) in [6, 6.07) is 9.30. The Morgan fingerprint density at radius 2 is 1.48 bits per heavy atom. The van der Waals surface area contributed by atoms with Crippen LogP contribution in [0.4, 0.5) is 5.69 Å². The SMILES string of the molecule is CCC(OC(C)=O)C(OC(C)=O)C(Nc1ccccc1)[Si](OC)(OC)OC. The van der Waals surface area contributed by atoms with E-state index < -0.39 is 38.6 Å². The maximum Gasteiger partial charge on any atom is 0.527 e. The first-order valence-electron chi connectivity index (χ1n) is 8.65. The number of esters is 2. The molecule has 1 rings (SSSR count). The Kier molecular flexibility index (Phi) is 9.43. The molecule has 27 heavy (non-hydrogen) atoms. The Morgan fingerprint density at radius 1 is 0.963 bits per heavy atom. The van der Waals surface area contributed by atoms with Crippen LogP contribution in [0.15, 0.2) is 30.3 Å². The summed E-state index contributed by atoms with van der Waals surface area (Å²) in [4.78, 5) is 23.4. The number of nitrogens with one attached hydrogen (secondary N) is 1. The van der Waals surface area contributed by atoms with Gasteiger partial charge in [0.15, 0.2) is 6.10 Å². The highest BCUT2D eigenvalue weighted by atomic mass is 28.4. The van der Waals surface area contributed by atoms with Crippen molar-refractivity contribution in [3.05, 3.63) is 30.3 Å². The zero-order valence-electron chi connectivity index (χ0n) is 16.7. The lowest BCUT2D eigenvalue weighted by Gasteiger charge is -2.39. The maximum absolute atomic E-state index is 11.8. The van der Waals surface area contributed by atoms with Gasteiger partial charge in [0.2, 0.25) is 0 Å². The molecule has 0 aliphatic rings. The second kappa shape index (κ2) is 11.0. The zero-order chi connectivity index (χ0) is 20.4. The molecule has 9 heteroatoms. The molecule has 0 radical (unpaired) electrons. The van der Waals surface area contributed by atoms with Gasteiger partial charge in [0.1, 0.15) is 11.8 Å². The summed E-state index contributed by atoms with van der Waals surface area (Å²) in [6.45, 7) is 4.43. The van der Waals surface area contributed by atoms with E-state index in [4.69, 9.17) is 22.8 Å². The Morgan fingerprint density at radius 3 is 1.89 bits per heavy atom. The summed E-state index contributed by atoms with van der Waals surface area (Å²) in [6.07, 6.45) is -1.17. The number of anilines is 1. The lowest BCUT2D eigenvalue weighted by molar-refractivity contribution is -0.166. The fraction of sp³-hybridized carbons (Fsp3) is 0.556. The summed E-state index contributed by atoms with van der Waals surface area (Å²) >= 11 is 0. The molecule has 0 aromatic heterocycles. The van der Waals surface area contributed by atoms with Crippen LogP contribution in [-0.2, 0) is 32.3 Å². The number of benzene rings is 1. The second-order valence-electron chi connectivity index (χ2n) is 5.83. The van der Waals surface area contributed by atoms with Crippen LogP contribution in [0.3, 0.4) is 0 Å². The first kappa shape index (κ1) is 23.1. The van der Waals surface area contributed by atoms with Gasteiger partial charge in [-0.2, -0.15) is 0 Å². The van der Waals surface area contributed by atoms with Gasteiger partial charge in [0.25, 0.3) is 0 Å². The highest BCUT2D eigenvalue weighted by Crippen LogP contribution is 2.26. The van der Waals surface area contributed by atoms with Crippen molar-refractivity contribution >= 4 is 26.4 Å². The second-order valence-corrected chi connectivity index (χ2v) is 8.89. The first-order chi connectivity index (χ1) is 12.8. The largest absolute Gasteiger partial charge is 0.527 e. The monoisotopic (exact) mass is 399 g/mol. The molecule has 3 unspecified atom stereocenters. The molecule has 1 aromatic rings. The van der Waals surface area contributed by atoms with E-state index in [1.807, 2.05) is 37.3 Å². The third-order valence-electron chi connectivity index (χ3n) is 4.05. The standard InChI is InChI=1S/C18H29NO7Si/c1-7-16(25-13(2)20)17(26-14(3)21)18(27(22-4,23-5)24-6)19-15-11-9-8-10-12-15/h8-12,16-19H,7H2,1-6H3. The molecule has 0 bridgehead atoms. The summed E-state index contributed by atoms with van der Waals surface area (Å²) in [5.74, 6) is -0.992. The molecular formula is C18H29NO7Si. The fourth-order valence-electron chi connectivity index (χ4n) is 2.86. The van der Waals surface area contributed by atoms with Crippen LogP contribution in [0.25, 0.3) is 0 Å². The average Bonchev–Trinajstić information content (AvgIpc) is 2.66. The Hall–Kier alpha value is -1.94. The molecule has 1 aromatic carbocycles. The predicted octanol–water partition coefficient (Wildman–Crippen LogP) is 2.16. The van der Waals surface area contributed by atoms with Crippen molar-refractivity contribution in [2.24, 2.45) is 0 Å². The van der Waals surface area contributed by atoms with Crippen molar-refractivity contribution in [1.82, 2.24) is 0 Å². The highest BCUT2D eigenvalue weighted by molar-refractivity contribution is 6.63. The lowest BCUT2D eigenvalue weighted by atomic mass is 10.1. The number of carbonyl (C=O) groups excluding carboxylic acids is 2. The molecule has 0 saturated carbocycles. The van der Waals surface area contributed by atoms with Crippen LogP contribution in [0.5, 0.6) is 0 Å². The molecule has 8 nitrogen and oxygen atoms in total. The van der Waals surface area contributed by atoms with Gasteiger partial charge in [-0.05, 0) is 18.6 Å². The fourth-order valence-corrected chi connectivity index (χ4v) is 5.15. The van der Waals surface area contributed by atoms with Crippen LogP contribution in [0.1, 0.15) is 27.2 Å². The number of rotatable bonds is 11. The van der Waals surface area contributed by atoms with Gasteiger partial charge >= 0.3 is 20.7 Å². The average molecular weight is 400 g/mol. The van der Waals surface area contributed by atoms with Gasteiger partial charge in [-0.1, -0.05) is 25.1 Å². The highest BCUT2D eigenvalue weighted by Gasteiger charge is 2.55. The van der Waals surface area contributed by atoms with E-state index in [0.717, 1.165) is 5.69 Å². The van der Waals surface area contributed by atoms with Crippen molar-refractivity contribution in [2.75, 3.05) is 26.6 Å². The van der Waals surface area contributed by atoms with Crippen molar-refractivity contribution in [3.63, 3.8) is 0 Å². The van der Waals surface area contributed by atoms with Gasteiger partial charge in [-0.25, -0.2) is 0 Å². The maximum atomic E-state index is 11.8. The molecule has 1 N–H and O–H groups in total. The van der Waals surface area contributed by atoms with E-state index in [9.17, 15) is 9.59 Å². The molecule has 0 amide bonds. The van der Waals surface area contributed by atoms with E-state index >= 15 is 0 Å². The van der Waals surface area contributed by atoms with E-state index in [1.165, 1.54) is 35.2 Å². The third-order valence-corrected chi connectivity index (χ3v) is 6.99. The third kappa shape index (κ3) is 6.31. The molecule has 152 valence electrons. The van der Waals surface area contributed by atoms with Gasteiger partial charge < -0.3 is 28.1 Å². The summed E-state index contributed by atoms with van der Waals surface area (Å²) in [5.41, 5.74) is 0.0356. The topological polar surface area (TPSA) is 92.3 Å². The van der Waals surface area contributed by atoms with Crippen LogP contribution >= 0.6 is 0 Å². The minimum Gasteiger partial charge on any atom is -0.459 e. The van der Waals surface area contributed by atoms with Crippen molar-refractivity contribution in [3.8, 4) is 0 Å². The predicted molar refractivity (Wildman–Crippen MR) is 102 cm³/mol. The first-order valence-corrected chi connectivity index (χ1v) is 10.4. The number of para-hydroxylation sites is 1. The van der Waals surface area contributed by atoms with Crippen molar-refractivity contribution < 1.29 is 32.3 Å². The van der Waals surface area contributed by atoms with Crippen molar-refractivity contribution in [2.45, 2.75) is 45.1 Å². The van der Waals surface area contributed by atoms with Crippen LogP contribution in [0.2, 0.25) is 0 Å². The molecule has 0 saturated heterocycles. The molecule has 0 fully saturated rings. The molecule has 0 heterocycles. The number of hydrogen-bond acceptors (Lipinski definition) is 8. The Balaban J connectivity index is 3.42. The van der Waals surface area contributed by atoms with Crippen LogP contribution in [0, 0.1) is 0 Å². The quantitative estimate of drug-likeness (QED) is 0.447. The van der Waals surface area contributed by atoms with Gasteiger partial charge in [0, 0.05) is 40.9 Å². The molecule has 0 aliphatic carbocycles. The summed E-state index contributed by atoms with van der Waals surface area (Å²) in [5, 5.41) is 3.28. The zero-order valence-corrected chi connectivity index (χ0v) is 17.7.